The van der Waals surface area contributed by atoms with Crippen LogP contribution in [0.25, 0.3) is 10.9 Å². The van der Waals surface area contributed by atoms with Gasteiger partial charge in [-0.15, -0.1) is 0 Å². The number of para-hydroxylation sites is 1. The number of aromatic nitrogens is 1. The SMILES string of the molecule is CSCCC(N)C(=O)NC(Cc1c[nH]c2ccccc12)C(=O)NC(CCC(N)=O)C(=O)NC(CCC(=O)O)C(=O)O. The molecule has 0 aliphatic carbocycles. The zero-order valence-corrected chi connectivity index (χ0v) is 23.4. The van der Waals surface area contributed by atoms with E-state index >= 15 is 0 Å². The Morgan fingerprint density at radius 1 is 0.878 bits per heavy atom. The third kappa shape index (κ3) is 10.8. The number of rotatable bonds is 18. The Hall–Kier alpha value is -4.11. The Labute approximate surface area is 240 Å². The fraction of sp³-hybridized carbons (Fsp3) is 0.462. The lowest BCUT2D eigenvalue weighted by atomic mass is 10.0. The number of nitrogens with one attached hydrogen (secondary N) is 4. The molecule has 0 radical (unpaired) electrons. The van der Waals surface area contributed by atoms with Gasteiger partial charge in [0.1, 0.15) is 18.1 Å². The topological polar surface area (TPSA) is 247 Å². The van der Waals surface area contributed by atoms with Crippen molar-refractivity contribution in [2.45, 2.75) is 62.7 Å². The lowest BCUT2D eigenvalue weighted by Gasteiger charge is -2.25. The highest BCUT2D eigenvalue weighted by Gasteiger charge is 2.31. The minimum Gasteiger partial charge on any atom is -0.481 e. The summed E-state index contributed by atoms with van der Waals surface area (Å²) in [6, 6.07) is 2.30. The molecule has 224 valence electrons. The summed E-state index contributed by atoms with van der Waals surface area (Å²) in [5.74, 6) is -5.17. The van der Waals surface area contributed by atoms with Gasteiger partial charge in [-0.1, -0.05) is 18.2 Å². The third-order valence-corrected chi connectivity index (χ3v) is 6.92. The molecule has 14 nitrogen and oxygen atoms in total. The monoisotopic (exact) mass is 592 g/mol. The standard InChI is InChI=1S/C26H36N6O8S/c1-41-11-10-16(27)23(36)32-20(12-14-13-29-17-5-3-2-4-15(14)17)25(38)30-18(6-8-21(28)33)24(37)31-19(26(39)40)7-9-22(34)35/h2-5,13,16,18-20,29H,6-12,27H2,1H3,(H2,28,33)(H,30,38)(H,31,37)(H,32,36)(H,34,35)(H,39,40). The van der Waals surface area contributed by atoms with Crippen LogP contribution in [-0.4, -0.2) is 86.9 Å². The van der Waals surface area contributed by atoms with E-state index in [1.807, 2.05) is 30.5 Å². The predicted molar refractivity (Wildman–Crippen MR) is 152 cm³/mol. The number of H-pyrrole nitrogens is 1. The van der Waals surface area contributed by atoms with E-state index in [9.17, 15) is 33.9 Å². The van der Waals surface area contributed by atoms with Crippen LogP contribution < -0.4 is 27.4 Å². The molecule has 2 aromatic rings. The molecule has 4 atom stereocenters. The summed E-state index contributed by atoms with van der Waals surface area (Å²) in [5.41, 5.74) is 12.7. The van der Waals surface area contributed by atoms with Gasteiger partial charge in [-0.25, -0.2) is 4.79 Å². The molecular weight excluding hydrogens is 556 g/mol. The first-order valence-corrected chi connectivity index (χ1v) is 14.3. The number of carboxylic acids is 2. The van der Waals surface area contributed by atoms with Crippen LogP contribution in [0.5, 0.6) is 0 Å². The zero-order chi connectivity index (χ0) is 30.5. The molecule has 1 aromatic heterocycles. The number of carbonyl (C=O) groups excluding carboxylic acids is 4. The summed E-state index contributed by atoms with van der Waals surface area (Å²) in [6.07, 6.45) is 2.45. The molecule has 0 saturated carbocycles. The molecule has 0 aliphatic rings. The number of nitrogens with two attached hydrogens (primary N) is 2. The first kappa shape index (κ1) is 33.1. The van der Waals surface area contributed by atoms with Crippen molar-refractivity contribution < 1.29 is 39.0 Å². The summed E-state index contributed by atoms with van der Waals surface area (Å²) in [4.78, 5) is 76.4. The minimum absolute atomic E-state index is 0.0252. The number of fused-ring (bicyclic) bond motifs is 1. The van der Waals surface area contributed by atoms with E-state index in [4.69, 9.17) is 16.6 Å². The van der Waals surface area contributed by atoms with Crippen molar-refractivity contribution in [3.63, 3.8) is 0 Å². The summed E-state index contributed by atoms with van der Waals surface area (Å²) in [5, 5.41) is 26.5. The van der Waals surface area contributed by atoms with E-state index in [1.54, 1.807) is 6.20 Å². The van der Waals surface area contributed by atoms with E-state index < -0.39 is 72.6 Å². The number of aliphatic carboxylic acids is 2. The molecule has 0 bridgehead atoms. The number of amides is 4. The van der Waals surface area contributed by atoms with Gasteiger partial charge in [-0.2, -0.15) is 11.8 Å². The van der Waals surface area contributed by atoms with Crippen molar-refractivity contribution in [1.29, 1.82) is 0 Å². The Balaban J connectivity index is 2.30. The van der Waals surface area contributed by atoms with Gasteiger partial charge in [0.25, 0.3) is 0 Å². The van der Waals surface area contributed by atoms with Gasteiger partial charge < -0.3 is 42.6 Å². The third-order valence-electron chi connectivity index (χ3n) is 6.28. The predicted octanol–water partition coefficient (Wildman–Crippen LogP) is -0.540. The van der Waals surface area contributed by atoms with Crippen LogP contribution in [0.1, 0.15) is 37.7 Å². The number of aromatic amines is 1. The lowest BCUT2D eigenvalue weighted by molar-refractivity contribution is -0.143. The molecule has 1 aromatic carbocycles. The molecule has 4 amide bonds. The largest absolute Gasteiger partial charge is 0.481 e. The number of benzene rings is 1. The van der Waals surface area contributed by atoms with Crippen molar-refractivity contribution in [3.8, 4) is 0 Å². The van der Waals surface area contributed by atoms with Crippen LogP contribution >= 0.6 is 11.8 Å². The maximum atomic E-state index is 13.5. The Kier molecular flexibility index (Phi) is 13.1. The molecule has 0 spiro atoms. The van der Waals surface area contributed by atoms with E-state index in [1.165, 1.54) is 11.8 Å². The van der Waals surface area contributed by atoms with E-state index in [0.717, 1.165) is 10.9 Å². The van der Waals surface area contributed by atoms with Crippen molar-refractivity contribution in [1.82, 2.24) is 20.9 Å². The highest BCUT2D eigenvalue weighted by molar-refractivity contribution is 7.98. The highest BCUT2D eigenvalue weighted by atomic mass is 32.2. The number of thioether (sulfide) groups is 1. The molecule has 4 unspecified atom stereocenters. The average molecular weight is 593 g/mol. The van der Waals surface area contributed by atoms with Gasteiger partial charge in [0.15, 0.2) is 0 Å². The fourth-order valence-electron chi connectivity index (χ4n) is 4.01. The second-order valence-corrected chi connectivity index (χ2v) is 10.4. The first-order valence-electron chi connectivity index (χ1n) is 12.9. The average Bonchev–Trinajstić information content (AvgIpc) is 3.33. The van der Waals surface area contributed by atoms with E-state index in [0.29, 0.717) is 17.7 Å². The van der Waals surface area contributed by atoms with Crippen LogP contribution in [0.2, 0.25) is 0 Å². The van der Waals surface area contributed by atoms with E-state index in [2.05, 4.69) is 20.9 Å². The number of hydrogen-bond acceptors (Lipinski definition) is 8. The number of carbonyl (C=O) groups is 6. The molecule has 0 saturated heterocycles. The molecule has 10 N–H and O–H groups in total. The maximum Gasteiger partial charge on any atom is 0.326 e. The quantitative estimate of drug-likeness (QED) is 0.110. The van der Waals surface area contributed by atoms with Crippen LogP contribution in [0.3, 0.4) is 0 Å². The van der Waals surface area contributed by atoms with E-state index in [-0.39, 0.29) is 19.3 Å². The molecule has 0 fully saturated rings. The molecule has 1 heterocycles. The van der Waals surface area contributed by atoms with Gasteiger partial charge in [-0.05, 0) is 42.9 Å². The number of hydrogen-bond donors (Lipinski definition) is 8. The summed E-state index contributed by atoms with van der Waals surface area (Å²) in [7, 11) is 0. The normalized spacial score (nSPS) is 13.9. The summed E-state index contributed by atoms with van der Waals surface area (Å²) >= 11 is 1.51. The Bertz CT molecular complexity index is 1250. The second kappa shape index (κ2) is 16.2. The summed E-state index contributed by atoms with van der Waals surface area (Å²) < 4.78 is 0. The first-order chi connectivity index (χ1) is 19.4. The van der Waals surface area contributed by atoms with Gasteiger partial charge in [0, 0.05) is 36.4 Å². The van der Waals surface area contributed by atoms with Crippen LogP contribution in [0, 0.1) is 0 Å². The summed E-state index contributed by atoms with van der Waals surface area (Å²) in [6.45, 7) is 0. The van der Waals surface area contributed by atoms with Gasteiger partial charge in [0.05, 0.1) is 6.04 Å². The minimum atomic E-state index is -1.55. The van der Waals surface area contributed by atoms with Crippen LogP contribution in [0.4, 0.5) is 0 Å². The Morgan fingerprint density at radius 3 is 2.12 bits per heavy atom. The second-order valence-electron chi connectivity index (χ2n) is 9.41. The number of carboxylic acid groups (broad SMARTS) is 2. The molecule has 15 heteroatoms. The smallest absolute Gasteiger partial charge is 0.326 e. The van der Waals surface area contributed by atoms with Crippen molar-refractivity contribution in [2.75, 3.05) is 12.0 Å². The number of primary amides is 1. The molecular formula is C26H36N6O8S. The highest BCUT2D eigenvalue weighted by Crippen LogP contribution is 2.19. The van der Waals surface area contributed by atoms with Gasteiger partial charge in [-0.3, -0.25) is 24.0 Å². The van der Waals surface area contributed by atoms with Gasteiger partial charge >= 0.3 is 11.9 Å². The molecule has 41 heavy (non-hydrogen) atoms. The van der Waals surface area contributed by atoms with Crippen LogP contribution in [-0.2, 0) is 35.2 Å². The van der Waals surface area contributed by atoms with Crippen molar-refractivity contribution in [3.05, 3.63) is 36.0 Å². The molecule has 2 rings (SSSR count). The maximum absolute atomic E-state index is 13.5. The molecule has 0 aliphatic heterocycles. The fourth-order valence-corrected chi connectivity index (χ4v) is 4.50. The van der Waals surface area contributed by atoms with Crippen molar-refractivity contribution in [2.24, 2.45) is 11.5 Å². The Morgan fingerprint density at radius 2 is 1.49 bits per heavy atom. The zero-order valence-electron chi connectivity index (χ0n) is 22.6. The lowest BCUT2D eigenvalue weighted by Crippen LogP contribution is -2.57. The van der Waals surface area contributed by atoms with Crippen molar-refractivity contribution >= 4 is 58.2 Å². The van der Waals surface area contributed by atoms with Gasteiger partial charge in [0.2, 0.25) is 23.6 Å². The van der Waals surface area contributed by atoms with Crippen LogP contribution in [0.15, 0.2) is 30.5 Å².